The van der Waals surface area contributed by atoms with Crippen LogP contribution in [-0.2, 0) is 28.6 Å². The normalized spacial score (nSPS) is 12.2. The van der Waals surface area contributed by atoms with Gasteiger partial charge in [0.1, 0.15) is 11.2 Å². The Labute approximate surface area is 240 Å². The first kappa shape index (κ1) is 37.4. The number of hydrogen-bond donors (Lipinski definition) is 0. The van der Waals surface area contributed by atoms with Crippen molar-refractivity contribution in [1.29, 1.82) is 0 Å². The summed E-state index contributed by atoms with van der Waals surface area (Å²) >= 11 is 0. The Morgan fingerprint density at radius 2 is 1.00 bits per heavy atom. The summed E-state index contributed by atoms with van der Waals surface area (Å²) in [4.78, 5) is 37.4. The van der Waals surface area contributed by atoms with Gasteiger partial charge in [-0.1, -0.05) is 97.3 Å². The zero-order valence-electron chi connectivity index (χ0n) is 26.8. The number of carbonyl (C=O) groups is 3. The number of carbonyl (C=O) groups excluding carboxylic acids is 3. The molecule has 0 saturated carbocycles. The Morgan fingerprint density at radius 3 is 1.46 bits per heavy atom. The molecule has 0 aromatic heterocycles. The van der Waals surface area contributed by atoms with Crippen LogP contribution in [0.5, 0.6) is 0 Å². The fourth-order valence-electron chi connectivity index (χ4n) is 4.61. The van der Waals surface area contributed by atoms with Gasteiger partial charge in [0.2, 0.25) is 0 Å². The highest BCUT2D eigenvalue weighted by Crippen LogP contribution is 2.23. The summed E-state index contributed by atoms with van der Waals surface area (Å²) in [6, 6.07) is 0. The van der Waals surface area contributed by atoms with Crippen molar-refractivity contribution in [2.45, 2.75) is 176 Å². The molecule has 0 saturated heterocycles. The van der Waals surface area contributed by atoms with Crippen molar-refractivity contribution >= 4 is 17.9 Å². The van der Waals surface area contributed by atoms with E-state index in [9.17, 15) is 14.4 Å². The maximum Gasteiger partial charge on any atom is 0.320 e. The van der Waals surface area contributed by atoms with Gasteiger partial charge in [-0.15, -0.1) is 0 Å². The second-order valence-corrected chi connectivity index (χ2v) is 13.1. The quantitative estimate of drug-likeness (QED) is 0.0574. The van der Waals surface area contributed by atoms with E-state index in [4.69, 9.17) is 14.2 Å². The van der Waals surface area contributed by atoms with Crippen LogP contribution in [0, 0.1) is 11.8 Å². The summed E-state index contributed by atoms with van der Waals surface area (Å²) in [7, 11) is 0. The second-order valence-electron chi connectivity index (χ2n) is 13.1. The first-order chi connectivity index (χ1) is 18.3. The van der Waals surface area contributed by atoms with Gasteiger partial charge in [0.25, 0.3) is 0 Å². The van der Waals surface area contributed by atoms with E-state index >= 15 is 0 Å². The average Bonchev–Trinajstić information content (AvgIpc) is 2.80. The van der Waals surface area contributed by atoms with Crippen LogP contribution < -0.4 is 0 Å². The van der Waals surface area contributed by atoms with Gasteiger partial charge in [-0.3, -0.25) is 14.4 Å². The Balaban J connectivity index is 4.20. The molecule has 0 aromatic carbocycles. The highest BCUT2D eigenvalue weighted by molar-refractivity contribution is 5.95. The summed E-state index contributed by atoms with van der Waals surface area (Å²) in [6.45, 7) is 15.8. The van der Waals surface area contributed by atoms with E-state index in [1.807, 2.05) is 0 Å². The first-order valence-electron chi connectivity index (χ1n) is 15.9. The number of rotatable bonds is 22. The summed E-state index contributed by atoms with van der Waals surface area (Å²) in [5, 5.41) is 0. The maximum atomic E-state index is 12.6. The monoisotopic (exact) mass is 554 g/mol. The topological polar surface area (TPSA) is 78.9 Å². The van der Waals surface area contributed by atoms with E-state index in [1.54, 1.807) is 41.5 Å². The molecule has 0 aliphatic heterocycles. The van der Waals surface area contributed by atoms with Crippen molar-refractivity contribution in [3.63, 3.8) is 0 Å². The zero-order chi connectivity index (χ0) is 29.7. The smallest absolute Gasteiger partial charge is 0.320 e. The average molecular weight is 555 g/mol. The summed E-state index contributed by atoms with van der Waals surface area (Å²) in [5.74, 6) is -1.31. The van der Waals surface area contributed by atoms with Gasteiger partial charge in [0.05, 0.1) is 6.61 Å². The zero-order valence-corrected chi connectivity index (χ0v) is 26.8. The molecular weight excluding hydrogens is 492 g/mol. The molecule has 6 nitrogen and oxygen atoms in total. The molecular formula is C33H62O6. The Bertz CT molecular complexity index is 620. The van der Waals surface area contributed by atoms with Crippen LogP contribution in [0.3, 0.4) is 0 Å². The largest absolute Gasteiger partial charge is 0.466 e. The van der Waals surface area contributed by atoms with Crippen molar-refractivity contribution in [3.05, 3.63) is 0 Å². The van der Waals surface area contributed by atoms with E-state index in [1.165, 1.54) is 51.4 Å². The van der Waals surface area contributed by atoms with Gasteiger partial charge in [-0.2, -0.15) is 0 Å². The molecule has 39 heavy (non-hydrogen) atoms. The molecule has 0 rings (SSSR count). The lowest BCUT2D eigenvalue weighted by molar-refractivity contribution is -0.174. The third kappa shape index (κ3) is 22.9. The molecule has 6 heteroatoms. The van der Waals surface area contributed by atoms with Crippen LogP contribution in [0.1, 0.15) is 165 Å². The summed E-state index contributed by atoms with van der Waals surface area (Å²) in [5.41, 5.74) is -1.30. The lowest BCUT2D eigenvalue weighted by Crippen LogP contribution is -2.36. The fraction of sp³-hybridized carbons (Fsp3) is 0.909. The molecule has 230 valence electrons. The van der Waals surface area contributed by atoms with Crippen LogP contribution >= 0.6 is 0 Å². The molecule has 0 amide bonds. The number of ether oxygens (including phenoxy) is 3. The highest BCUT2D eigenvalue weighted by Gasteiger charge is 2.34. The molecule has 0 radical (unpaired) electrons. The van der Waals surface area contributed by atoms with Crippen LogP contribution in [0.4, 0.5) is 0 Å². The molecule has 0 spiro atoms. The molecule has 0 aliphatic rings. The van der Waals surface area contributed by atoms with E-state index in [0.717, 1.165) is 44.9 Å². The van der Waals surface area contributed by atoms with Crippen molar-refractivity contribution in [2.24, 2.45) is 11.8 Å². The van der Waals surface area contributed by atoms with Gasteiger partial charge in [-0.25, -0.2) is 0 Å². The van der Waals surface area contributed by atoms with Gasteiger partial charge in [0.15, 0.2) is 5.92 Å². The van der Waals surface area contributed by atoms with Gasteiger partial charge in [0, 0.05) is 6.42 Å². The summed E-state index contributed by atoms with van der Waals surface area (Å²) < 4.78 is 16.5. The van der Waals surface area contributed by atoms with E-state index < -0.39 is 29.1 Å². The predicted molar refractivity (Wildman–Crippen MR) is 159 cm³/mol. The molecule has 0 heterocycles. The SMILES string of the molecule is CCCCCC(CCCCC)CCOC(=O)CCCCCCCCC(C(=O)OC(C)(C)C)C(=O)OC(C)(C)C. The van der Waals surface area contributed by atoms with Gasteiger partial charge >= 0.3 is 17.9 Å². The van der Waals surface area contributed by atoms with Crippen LogP contribution in [0.15, 0.2) is 0 Å². The standard InChI is InChI=1S/C33H62O6/c1-9-11-17-21-27(22-18-12-10-2)25-26-37-29(34)24-20-16-14-13-15-19-23-28(30(35)38-32(3,4)5)31(36)39-33(6,7)8/h27-28H,9-26H2,1-8H3. The van der Waals surface area contributed by atoms with Gasteiger partial charge in [-0.05, 0) is 66.7 Å². The number of unbranched alkanes of at least 4 members (excludes halogenated alkanes) is 9. The van der Waals surface area contributed by atoms with Gasteiger partial charge < -0.3 is 14.2 Å². The Kier molecular flexibility index (Phi) is 20.3. The first-order valence-corrected chi connectivity index (χ1v) is 15.9. The van der Waals surface area contributed by atoms with Crippen molar-refractivity contribution in [1.82, 2.24) is 0 Å². The third-order valence-corrected chi connectivity index (χ3v) is 6.73. The maximum absolute atomic E-state index is 12.6. The third-order valence-electron chi connectivity index (χ3n) is 6.73. The molecule has 0 aliphatic carbocycles. The van der Waals surface area contributed by atoms with E-state index in [-0.39, 0.29) is 5.97 Å². The number of hydrogen-bond acceptors (Lipinski definition) is 6. The molecule has 0 atom stereocenters. The molecule has 0 fully saturated rings. The van der Waals surface area contributed by atoms with Crippen molar-refractivity contribution < 1.29 is 28.6 Å². The van der Waals surface area contributed by atoms with Crippen LogP contribution in [0.25, 0.3) is 0 Å². The second kappa shape index (κ2) is 21.2. The van der Waals surface area contributed by atoms with Crippen molar-refractivity contribution in [3.8, 4) is 0 Å². The molecule has 0 unspecified atom stereocenters. The highest BCUT2D eigenvalue weighted by atomic mass is 16.6. The van der Waals surface area contributed by atoms with Crippen LogP contribution in [-0.4, -0.2) is 35.7 Å². The summed E-state index contributed by atoms with van der Waals surface area (Å²) in [6.07, 6.45) is 17.6. The predicted octanol–water partition coefficient (Wildman–Crippen LogP) is 9.12. The number of esters is 3. The molecule has 0 bridgehead atoms. The van der Waals surface area contributed by atoms with Crippen LogP contribution in [0.2, 0.25) is 0 Å². The Morgan fingerprint density at radius 1 is 0.564 bits per heavy atom. The fourth-order valence-corrected chi connectivity index (χ4v) is 4.61. The lowest BCUT2D eigenvalue weighted by Gasteiger charge is -2.26. The molecule has 0 N–H and O–H groups in total. The van der Waals surface area contributed by atoms with E-state index in [2.05, 4.69) is 13.8 Å². The minimum absolute atomic E-state index is 0.0755. The van der Waals surface area contributed by atoms with Crippen molar-refractivity contribution in [2.75, 3.05) is 6.61 Å². The molecule has 0 aromatic rings. The Hall–Kier alpha value is -1.59. The van der Waals surface area contributed by atoms with E-state index in [0.29, 0.717) is 25.4 Å². The minimum Gasteiger partial charge on any atom is -0.466 e. The lowest BCUT2D eigenvalue weighted by atomic mass is 9.92. The minimum atomic E-state index is -0.892.